The van der Waals surface area contributed by atoms with Gasteiger partial charge in [0.05, 0.1) is 17.3 Å². The van der Waals surface area contributed by atoms with Crippen molar-refractivity contribution in [2.24, 2.45) is 0 Å². The largest absolute Gasteiger partial charge is 0.392 e. The first-order valence-electron chi connectivity index (χ1n) is 5.47. The number of nitrogens with zero attached hydrogens (tertiary/aromatic N) is 1. The zero-order valence-corrected chi connectivity index (χ0v) is 11.9. The van der Waals surface area contributed by atoms with Crippen molar-refractivity contribution in [1.29, 1.82) is 0 Å². The lowest BCUT2D eigenvalue weighted by Crippen LogP contribution is -2.15. The van der Waals surface area contributed by atoms with Crippen LogP contribution in [0.2, 0.25) is 5.02 Å². The van der Waals surface area contributed by atoms with Crippen LogP contribution in [0, 0.1) is 12.7 Å². The van der Waals surface area contributed by atoms with Crippen molar-refractivity contribution in [1.82, 2.24) is 10.2 Å². The van der Waals surface area contributed by atoms with Gasteiger partial charge in [0.1, 0.15) is 5.82 Å². The molecule has 0 radical (unpaired) electrons. The van der Waals surface area contributed by atoms with Crippen molar-refractivity contribution in [3.8, 4) is 0 Å². The van der Waals surface area contributed by atoms with Crippen molar-refractivity contribution in [2.45, 2.75) is 18.6 Å². The van der Waals surface area contributed by atoms with E-state index in [2.05, 4.69) is 14.9 Å². The van der Waals surface area contributed by atoms with E-state index in [1.54, 1.807) is 6.92 Å². The summed E-state index contributed by atoms with van der Waals surface area (Å²) in [5.41, 5.74) is 0.472. The fourth-order valence-electron chi connectivity index (χ4n) is 1.61. The number of sulfonamides is 1. The molecular formula is C11H11ClFN3O3S. The number of aromatic nitrogens is 2. The summed E-state index contributed by atoms with van der Waals surface area (Å²) < 4.78 is 39.6. The molecule has 2 rings (SSSR count). The third-order valence-electron chi connectivity index (χ3n) is 2.62. The number of aliphatic hydroxyl groups is 1. The van der Waals surface area contributed by atoms with E-state index in [9.17, 15) is 17.9 Å². The second kappa shape index (κ2) is 5.39. The van der Waals surface area contributed by atoms with E-state index in [1.807, 2.05) is 0 Å². The van der Waals surface area contributed by atoms with Crippen molar-refractivity contribution in [3.05, 3.63) is 40.3 Å². The Morgan fingerprint density at radius 2 is 2.20 bits per heavy atom. The van der Waals surface area contributed by atoms with E-state index in [-0.39, 0.29) is 21.3 Å². The normalized spacial score (nSPS) is 11.6. The Morgan fingerprint density at radius 1 is 1.50 bits per heavy atom. The van der Waals surface area contributed by atoms with Crippen molar-refractivity contribution >= 4 is 27.3 Å². The Hall–Kier alpha value is -1.64. The number of halogens is 2. The summed E-state index contributed by atoms with van der Waals surface area (Å²) in [6, 6.07) is 3.30. The zero-order chi connectivity index (χ0) is 14.9. The molecular weight excluding hydrogens is 309 g/mol. The van der Waals surface area contributed by atoms with Crippen LogP contribution in [0.1, 0.15) is 11.3 Å². The average Bonchev–Trinajstić information content (AvgIpc) is 2.75. The number of hydrogen-bond acceptors (Lipinski definition) is 4. The van der Waals surface area contributed by atoms with Crippen LogP contribution >= 0.6 is 11.6 Å². The average molecular weight is 320 g/mol. The second-order valence-corrected chi connectivity index (χ2v) is 6.02. The SMILES string of the molecule is Cc1[nH]nc(S(=O)(=O)Nc2cc(F)ccc2Cl)c1CO. The third-order valence-corrected chi connectivity index (χ3v) is 4.29. The highest BCUT2D eigenvalue weighted by Gasteiger charge is 2.24. The Bertz CT molecular complexity index is 745. The van der Waals surface area contributed by atoms with Crippen LogP contribution in [-0.4, -0.2) is 23.7 Å². The molecule has 3 N–H and O–H groups in total. The number of H-pyrrole nitrogens is 1. The molecule has 20 heavy (non-hydrogen) atoms. The molecule has 0 saturated heterocycles. The minimum absolute atomic E-state index is 0.0489. The lowest BCUT2D eigenvalue weighted by atomic mass is 10.3. The minimum atomic E-state index is -4.08. The van der Waals surface area contributed by atoms with Crippen molar-refractivity contribution in [3.63, 3.8) is 0 Å². The van der Waals surface area contributed by atoms with Gasteiger partial charge in [0.25, 0.3) is 10.0 Å². The standard InChI is InChI=1S/C11H11ClFN3O3S/c1-6-8(5-17)11(15-14-6)20(18,19)16-10-4-7(13)2-3-9(10)12/h2-4,16-17H,5H2,1H3,(H,14,15). The van der Waals surface area contributed by atoms with E-state index in [4.69, 9.17) is 11.6 Å². The van der Waals surface area contributed by atoms with Gasteiger partial charge in [-0.3, -0.25) is 9.82 Å². The molecule has 1 heterocycles. The first-order chi connectivity index (χ1) is 9.35. The van der Waals surface area contributed by atoms with Gasteiger partial charge in [0.2, 0.25) is 5.03 Å². The maximum Gasteiger partial charge on any atom is 0.281 e. The lowest BCUT2D eigenvalue weighted by Gasteiger charge is -2.09. The number of anilines is 1. The molecule has 2 aromatic rings. The summed E-state index contributed by atoms with van der Waals surface area (Å²) in [6.45, 7) is 1.09. The molecule has 1 aromatic heterocycles. The zero-order valence-electron chi connectivity index (χ0n) is 10.3. The highest BCUT2D eigenvalue weighted by atomic mass is 35.5. The molecule has 1 aromatic carbocycles. The Labute approximate surface area is 119 Å². The number of aryl methyl sites for hydroxylation is 1. The first-order valence-corrected chi connectivity index (χ1v) is 7.34. The molecule has 0 amide bonds. The van der Waals surface area contributed by atoms with Gasteiger partial charge in [-0.15, -0.1) is 0 Å². The van der Waals surface area contributed by atoms with Crippen LogP contribution in [0.15, 0.2) is 23.2 Å². The Balaban J connectivity index is 2.43. The van der Waals surface area contributed by atoms with Gasteiger partial charge in [0, 0.05) is 11.3 Å². The molecule has 9 heteroatoms. The Morgan fingerprint density at radius 3 is 2.85 bits per heavy atom. The molecule has 0 aliphatic heterocycles. The number of benzene rings is 1. The van der Waals surface area contributed by atoms with E-state index in [1.165, 1.54) is 6.07 Å². The molecule has 0 spiro atoms. The molecule has 0 atom stereocenters. The van der Waals surface area contributed by atoms with Gasteiger partial charge in [-0.1, -0.05) is 11.6 Å². The minimum Gasteiger partial charge on any atom is -0.392 e. The highest BCUT2D eigenvalue weighted by molar-refractivity contribution is 7.92. The molecule has 6 nitrogen and oxygen atoms in total. The van der Waals surface area contributed by atoms with Crippen LogP contribution in [0.25, 0.3) is 0 Å². The number of aromatic amines is 1. The fourth-order valence-corrected chi connectivity index (χ4v) is 3.09. The predicted octanol–water partition coefficient (Wildman–Crippen LogP) is 1.80. The van der Waals surface area contributed by atoms with E-state index in [0.29, 0.717) is 5.69 Å². The van der Waals surface area contributed by atoms with Gasteiger partial charge < -0.3 is 5.11 Å². The van der Waals surface area contributed by atoms with E-state index < -0.39 is 22.4 Å². The predicted molar refractivity (Wildman–Crippen MR) is 71.5 cm³/mol. The van der Waals surface area contributed by atoms with E-state index >= 15 is 0 Å². The summed E-state index contributed by atoms with van der Waals surface area (Å²) in [7, 11) is -4.08. The smallest absolute Gasteiger partial charge is 0.281 e. The fraction of sp³-hybridized carbons (Fsp3) is 0.182. The van der Waals surface area contributed by atoms with Crippen molar-refractivity contribution < 1.29 is 17.9 Å². The molecule has 0 saturated carbocycles. The van der Waals surface area contributed by atoms with E-state index in [0.717, 1.165) is 12.1 Å². The maximum absolute atomic E-state index is 13.1. The lowest BCUT2D eigenvalue weighted by molar-refractivity contribution is 0.277. The second-order valence-electron chi connectivity index (χ2n) is 4.02. The topological polar surface area (TPSA) is 95.1 Å². The number of rotatable bonds is 4. The third kappa shape index (κ3) is 2.77. The van der Waals surface area contributed by atoms with Crippen molar-refractivity contribution in [2.75, 3.05) is 4.72 Å². The summed E-state index contributed by atoms with van der Waals surface area (Å²) in [6.07, 6.45) is 0. The summed E-state index contributed by atoms with van der Waals surface area (Å²) in [4.78, 5) is 0. The number of hydrogen-bond donors (Lipinski definition) is 3. The van der Waals surface area contributed by atoms with Crippen LogP contribution in [-0.2, 0) is 16.6 Å². The molecule has 0 aliphatic carbocycles. The summed E-state index contributed by atoms with van der Waals surface area (Å²) in [5, 5.41) is 15.0. The van der Waals surface area contributed by atoms with Crippen LogP contribution in [0.5, 0.6) is 0 Å². The molecule has 108 valence electrons. The molecule has 0 aliphatic rings. The molecule has 0 unspecified atom stereocenters. The monoisotopic (exact) mass is 319 g/mol. The van der Waals surface area contributed by atoms with Gasteiger partial charge in [-0.05, 0) is 25.1 Å². The number of aliphatic hydroxyl groups excluding tert-OH is 1. The van der Waals surface area contributed by atoms with Crippen LogP contribution in [0.3, 0.4) is 0 Å². The first kappa shape index (κ1) is 14.8. The van der Waals surface area contributed by atoms with Crippen LogP contribution < -0.4 is 4.72 Å². The summed E-state index contributed by atoms with van der Waals surface area (Å²) in [5.74, 6) is -0.632. The highest BCUT2D eigenvalue weighted by Crippen LogP contribution is 2.26. The van der Waals surface area contributed by atoms with Gasteiger partial charge in [-0.2, -0.15) is 13.5 Å². The number of nitrogens with one attached hydrogen (secondary N) is 2. The van der Waals surface area contributed by atoms with Gasteiger partial charge in [-0.25, -0.2) is 4.39 Å². The van der Waals surface area contributed by atoms with Gasteiger partial charge >= 0.3 is 0 Å². The van der Waals surface area contributed by atoms with Crippen LogP contribution in [0.4, 0.5) is 10.1 Å². The molecule has 0 bridgehead atoms. The van der Waals surface area contributed by atoms with Gasteiger partial charge in [0.15, 0.2) is 0 Å². The Kier molecular flexibility index (Phi) is 3.98. The molecule has 0 fully saturated rings. The maximum atomic E-state index is 13.1. The quantitative estimate of drug-likeness (QED) is 0.801. The summed E-state index contributed by atoms with van der Waals surface area (Å²) >= 11 is 5.80.